The number of carbonyl (C=O) groups excluding carboxylic acids is 1. The highest BCUT2D eigenvalue weighted by atomic mass is 32.2. The average Bonchev–Trinajstić information content (AvgIpc) is 2.98. The van der Waals surface area contributed by atoms with Crippen molar-refractivity contribution >= 4 is 33.0 Å². The van der Waals surface area contributed by atoms with Crippen LogP contribution in [0.2, 0.25) is 0 Å². The van der Waals surface area contributed by atoms with E-state index in [4.69, 9.17) is 0 Å². The van der Waals surface area contributed by atoms with Crippen LogP contribution >= 0.6 is 11.3 Å². The van der Waals surface area contributed by atoms with Gasteiger partial charge in [-0.3, -0.25) is 4.79 Å². The van der Waals surface area contributed by atoms with E-state index in [1.807, 2.05) is 31.4 Å². The van der Waals surface area contributed by atoms with Crippen LogP contribution in [0.1, 0.15) is 18.7 Å². The Kier molecular flexibility index (Phi) is 5.92. The van der Waals surface area contributed by atoms with Crippen molar-refractivity contribution in [3.05, 3.63) is 46.7 Å². The molecule has 0 aliphatic rings. The predicted molar refractivity (Wildman–Crippen MR) is 93.1 cm³/mol. The zero-order valence-electron chi connectivity index (χ0n) is 13.1. The molecule has 1 aromatic heterocycles. The summed E-state index contributed by atoms with van der Waals surface area (Å²) in [6.45, 7) is 4.27. The van der Waals surface area contributed by atoms with Crippen molar-refractivity contribution in [3.8, 4) is 0 Å². The third kappa shape index (κ3) is 5.46. The summed E-state index contributed by atoms with van der Waals surface area (Å²) in [4.78, 5) is 13.1. The van der Waals surface area contributed by atoms with Crippen LogP contribution in [0.15, 0.2) is 46.7 Å². The maximum atomic E-state index is 12.1. The van der Waals surface area contributed by atoms with E-state index in [9.17, 15) is 13.2 Å². The number of hydrogen-bond donors (Lipinski definition) is 2. The van der Waals surface area contributed by atoms with Crippen LogP contribution in [-0.2, 0) is 21.2 Å². The molecule has 0 saturated heterocycles. The Morgan fingerprint density at radius 2 is 1.87 bits per heavy atom. The highest BCUT2D eigenvalue weighted by molar-refractivity contribution is 7.89. The summed E-state index contributed by atoms with van der Waals surface area (Å²) in [6.07, 6.45) is 0.313. The van der Waals surface area contributed by atoms with Crippen LogP contribution in [0.4, 0.5) is 5.69 Å². The first kappa shape index (κ1) is 17.7. The second-order valence-electron chi connectivity index (χ2n) is 5.57. The van der Waals surface area contributed by atoms with Gasteiger partial charge in [0.25, 0.3) is 0 Å². The number of sulfonamides is 1. The van der Waals surface area contributed by atoms with Gasteiger partial charge in [-0.1, -0.05) is 19.9 Å². The van der Waals surface area contributed by atoms with Crippen molar-refractivity contribution < 1.29 is 13.2 Å². The lowest BCUT2D eigenvalue weighted by Crippen LogP contribution is -2.27. The van der Waals surface area contributed by atoms with Crippen molar-refractivity contribution in [2.75, 3.05) is 11.9 Å². The quantitative estimate of drug-likeness (QED) is 0.804. The Balaban J connectivity index is 1.97. The highest BCUT2D eigenvalue weighted by Gasteiger charge is 2.14. The van der Waals surface area contributed by atoms with Gasteiger partial charge in [0, 0.05) is 17.1 Å². The van der Waals surface area contributed by atoms with E-state index in [0.29, 0.717) is 18.7 Å². The fourth-order valence-corrected chi connectivity index (χ4v) is 3.77. The molecule has 0 aliphatic heterocycles. The molecule has 124 valence electrons. The summed E-state index contributed by atoms with van der Waals surface area (Å²) in [5, 5.41) is 4.68. The molecule has 1 aromatic carbocycles. The minimum atomic E-state index is -3.50. The van der Waals surface area contributed by atoms with Gasteiger partial charge in [-0.2, -0.15) is 0 Å². The SMILES string of the molecule is CC(C)CNS(=O)(=O)c1ccc(NC(=O)Cc2cccs2)cc1. The molecular weight excluding hydrogens is 332 g/mol. The van der Waals surface area contributed by atoms with E-state index in [0.717, 1.165) is 4.88 Å². The minimum absolute atomic E-state index is 0.124. The van der Waals surface area contributed by atoms with Crippen LogP contribution in [0.25, 0.3) is 0 Å². The van der Waals surface area contributed by atoms with Crippen molar-refractivity contribution in [1.82, 2.24) is 4.72 Å². The first-order valence-electron chi connectivity index (χ1n) is 7.29. The van der Waals surface area contributed by atoms with Gasteiger partial charge in [0.1, 0.15) is 0 Å². The van der Waals surface area contributed by atoms with Gasteiger partial charge < -0.3 is 5.32 Å². The van der Waals surface area contributed by atoms with Gasteiger partial charge in [0.05, 0.1) is 11.3 Å². The van der Waals surface area contributed by atoms with Crippen LogP contribution < -0.4 is 10.0 Å². The van der Waals surface area contributed by atoms with Gasteiger partial charge in [0.2, 0.25) is 15.9 Å². The molecule has 0 bridgehead atoms. The Labute approximate surface area is 140 Å². The lowest BCUT2D eigenvalue weighted by atomic mass is 10.2. The Morgan fingerprint density at radius 3 is 2.43 bits per heavy atom. The van der Waals surface area contributed by atoms with Gasteiger partial charge in [-0.05, 0) is 41.6 Å². The van der Waals surface area contributed by atoms with Crippen molar-refractivity contribution in [2.24, 2.45) is 5.92 Å². The van der Waals surface area contributed by atoms with Gasteiger partial charge in [0.15, 0.2) is 0 Å². The maximum absolute atomic E-state index is 12.1. The summed E-state index contributed by atoms with van der Waals surface area (Å²) in [5.41, 5.74) is 0.578. The predicted octanol–water partition coefficient (Wildman–Crippen LogP) is 2.86. The van der Waals surface area contributed by atoms with E-state index in [-0.39, 0.29) is 16.7 Å². The number of rotatable bonds is 7. The minimum Gasteiger partial charge on any atom is -0.326 e. The standard InChI is InChI=1S/C16H20N2O3S2/c1-12(2)11-17-23(20,21)15-7-5-13(6-8-15)18-16(19)10-14-4-3-9-22-14/h3-9,12,17H,10-11H2,1-2H3,(H,18,19). The Bertz CT molecular complexity index is 736. The monoisotopic (exact) mass is 352 g/mol. The lowest BCUT2D eigenvalue weighted by molar-refractivity contribution is -0.115. The molecule has 0 unspecified atom stereocenters. The normalized spacial score (nSPS) is 11.6. The molecule has 5 nitrogen and oxygen atoms in total. The molecule has 0 atom stereocenters. The van der Waals surface area contributed by atoms with Crippen molar-refractivity contribution in [2.45, 2.75) is 25.2 Å². The molecule has 0 fully saturated rings. The van der Waals surface area contributed by atoms with E-state index in [1.165, 1.54) is 23.5 Å². The van der Waals surface area contributed by atoms with Gasteiger partial charge in [-0.15, -0.1) is 11.3 Å². The number of amides is 1. The number of anilines is 1. The first-order valence-corrected chi connectivity index (χ1v) is 9.65. The summed E-state index contributed by atoms with van der Waals surface area (Å²) in [7, 11) is -3.50. The molecule has 0 spiro atoms. The molecule has 1 amide bonds. The smallest absolute Gasteiger partial charge is 0.240 e. The lowest BCUT2D eigenvalue weighted by Gasteiger charge is -2.10. The second kappa shape index (κ2) is 7.72. The molecule has 2 rings (SSSR count). The van der Waals surface area contributed by atoms with Crippen LogP contribution in [-0.4, -0.2) is 20.9 Å². The largest absolute Gasteiger partial charge is 0.326 e. The number of hydrogen-bond acceptors (Lipinski definition) is 4. The number of carbonyl (C=O) groups is 1. The molecule has 7 heteroatoms. The zero-order valence-corrected chi connectivity index (χ0v) is 14.7. The number of thiophene rings is 1. The summed E-state index contributed by atoms with van der Waals surface area (Å²) in [6, 6.07) is 9.97. The molecule has 0 radical (unpaired) electrons. The molecular formula is C16H20N2O3S2. The first-order chi connectivity index (χ1) is 10.9. The molecule has 2 N–H and O–H groups in total. The van der Waals surface area contributed by atoms with Crippen LogP contribution in [0, 0.1) is 5.92 Å². The topological polar surface area (TPSA) is 75.3 Å². The Morgan fingerprint density at radius 1 is 1.17 bits per heavy atom. The average molecular weight is 352 g/mol. The van der Waals surface area contributed by atoms with E-state index < -0.39 is 10.0 Å². The molecule has 1 heterocycles. The van der Waals surface area contributed by atoms with E-state index in [1.54, 1.807) is 12.1 Å². The fourth-order valence-electron chi connectivity index (χ4n) is 1.85. The van der Waals surface area contributed by atoms with E-state index in [2.05, 4.69) is 10.0 Å². The summed E-state index contributed by atoms with van der Waals surface area (Å²) in [5.74, 6) is 0.113. The number of nitrogens with one attached hydrogen (secondary N) is 2. The Hall–Kier alpha value is -1.70. The zero-order chi connectivity index (χ0) is 16.9. The second-order valence-corrected chi connectivity index (χ2v) is 8.37. The van der Waals surface area contributed by atoms with Crippen LogP contribution in [0.3, 0.4) is 0 Å². The molecule has 23 heavy (non-hydrogen) atoms. The number of benzene rings is 1. The third-order valence-electron chi connectivity index (χ3n) is 3.04. The van der Waals surface area contributed by atoms with Gasteiger partial charge in [-0.25, -0.2) is 13.1 Å². The molecule has 2 aromatic rings. The third-order valence-corrected chi connectivity index (χ3v) is 5.36. The van der Waals surface area contributed by atoms with Crippen molar-refractivity contribution in [3.63, 3.8) is 0 Å². The van der Waals surface area contributed by atoms with E-state index >= 15 is 0 Å². The summed E-state index contributed by atoms with van der Waals surface area (Å²) < 4.78 is 26.7. The molecule has 0 aliphatic carbocycles. The fraction of sp³-hybridized carbons (Fsp3) is 0.312. The maximum Gasteiger partial charge on any atom is 0.240 e. The van der Waals surface area contributed by atoms with Crippen molar-refractivity contribution in [1.29, 1.82) is 0 Å². The highest BCUT2D eigenvalue weighted by Crippen LogP contribution is 2.15. The van der Waals surface area contributed by atoms with Crippen LogP contribution in [0.5, 0.6) is 0 Å². The summed E-state index contributed by atoms with van der Waals surface area (Å²) >= 11 is 1.53. The van der Waals surface area contributed by atoms with Gasteiger partial charge >= 0.3 is 0 Å². The molecule has 0 saturated carbocycles.